The number of para-hydroxylation sites is 1. The second kappa shape index (κ2) is 5.85. The predicted molar refractivity (Wildman–Crippen MR) is 70.3 cm³/mol. The average Bonchev–Trinajstić information content (AvgIpc) is 2.39. The minimum Gasteiger partial charge on any atom is -0.481 e. The summed E-state index contributed by atoms with van der Waals surface area (Å²) in [6, 6.07) is 13.5. The topological polar surface area (TPSA) is 35.2 Å². The van der Waals surface area contributed by atoms with Gasteiger partial charge in [0.15, 0.2) is 11.6 Å². The summed E-state index contributed by atoms with van der Waals surface area (Å²) in [6.07, 6.45) is -0.462. The Labute approximate surface area is 110 Å². The molecule has 2 aromatic carbocycles. The maximum absolute atomic E-state index is 13.5. The smallest absolute Gasteiger partial charge is 0.165 e. The number of nitrogens with two attached hydrogens (primary N) is 1. The molecule has 0 aliphatic carbocycles. The van der Waals surface area contributed by atoms with Gasteiger partial charge in [0.2, 0.25) is 0 Å². The lowest BCUT2D eigenvalue weighted by atomic mass is 10.1. The lowest BCUT2D eigenvalue weighted by Crippen LogP contribution is -2.19. The second-order valence-electron chi connectivity index (χ2n) is 3.79. The van der Waals surface area contributed by atoms with E-state index in [2.05, 4.69) is 0 Å². The first-order valence-corrected chi connectivity index (χ1v) is 5.96. The molecule has 0 saturated carbocycles. The molecule has 0 aliphatic rings. The maximum atomic E-state index is 13.5. The van der Waals surface area contributed by atoms with Crippen molar-refractivity contribution in [3.05, 3.63) is 64.9 Å². The van der Waals surface area contributed by atoms with E-state index in [-0.39, 0.29) is 12.3 Å². The predicted octanol–water partition coefficient (Wildman–Crippen LogP) is 3.56. The number of hydrogen-bond donors (Lipinski definition) is 1. The van der Waals surface area contributed by atoms with Gasteiger partial charge in [-0.15, -0.1) is 0 Å². The molecule has 0 radical (unpaired) electrons. The molecule has 18 heavy (non-hydrogen) atoms. The summed E-state index contributed by atoms with van der Waals surface area (Å²) in [5.74, 6) is -0.240. The molecule has 1 atom stereocenters. The van der Waals surface area contributed by atoms with Gasteiger partial charge in [-0.1, -0.05) is 41.9 Å². The Balaban J connectivity index is 2.26. The zero-order valence-electron chi connectivity index (χ0n) is 9.64. The fourth-order valence-electron chi connectivity index (χ4n) is 1.67. The van der Waals surface area contributed by atoms with Crippen LogP contribution in [0.2, 0.25) is 5.02 Å². The minimum absolute atomic E-state index is 0.174. The Hall–Kier alpha value is -1.58. The lowest BCUT2D eigenvalue weighted by Gasteiger charge is -2.19. The highest BCUT2D eigenvalue weighted by Gasteiger charge is 2.16. The molecule has 0 aliphatic heterocycles. The van der Waals surface area contributed by atoms with Crippen molar-refractivity contribution in [2.24, 2.45) is 5.73 Å². The Morgan fingerprint density at radius 3 is 2.44 bits per heavy atom. The number of benzene rings is 2. The molecule has 0 spiro atoms. The first kappa shape index (κ1) is 12.9. The minimum atomic E-state index is -0.462. The third-order valence-corrected chi connectivity index (χ3v) is 2.92. The molecular formula is C14H13ClFNO. The molecule has 2 N–H and O–H groups in total. The van der Waals surface area contributed by atoms with Gasteiger partial charge in [0.25, 0.3) is 0 Å². The molecule has 0 aromatic heterocycles. The van der Waals surface area contributed by atoms with Crippen LogP contribution in [0.4, 0.5) is 4.39 Å². The van der Waals surface area contributed by atoms with Crippen molar-refractivity contribution in [1.29, 1.82) is 0 Å². The summed E-state index contributed by atoms with van der Waals surface area (Å²) < 4.78 is 19.1. The van der Waals surface area contributed by atoms with E-state index in [1.807, 2.05) is 18.2 Å². The molecule has 0 fully saturated rings. The highest BCUT2D eigenvalue weighted by atomic mass is 35.5. The van der Waals surface area contributed by atoms with Gasteiger partial charge < -0.3 is 10.5 Å². The van der Waals surface area contributed by atoms with E-state index in [1.165, 1.54) is 6.07 Å². The zero-order valence-corrected chi connectivity index (χ0v) is 10.4. The summed E-state index contributed by atoms with van der Waals surface area (Å²) in [5, 5.41) is 0.560. The van der Waals surface area contributed by atoms with Crippen LogP contribution in [0.25, 0.3) is 0 Å². The van der Waals surface area contributed by atoms with Crippen molar-refractivity contribution >= 4 is 11.6 Å². The third kappa shape index (κ3) is 2.81. The monoisotopic (exact) mass is 265 g/mol. The van der Waals surface area contributed by atoms with Crippen molar-refractivity contribution in [3.63, 3.8) is 0 Å². The molecule has 1 unspecified atom stereocenters. The van der Waals surface area contributed by atoms with Gasteiger partial charge >= 0.3 is 0 Å². The summed E-state index contributed by atoms with van der Waals surface area (Å²) in [5.41, 5.74) is 6.42. The normalized spacial score (nSPS) is 12.2. The lowest BCUT2D eigenvalue weighted by molar-refractivity contribution is 0.204. The van der Waals surface area contributed by atoms with Gasteiger partial charge in [-0.05, 0) is 18.2 Å². The van der Waals surface area contributed by atoms with Crippen LogP contribution in [0, 0.1) is 5.82 Å². The molecule has 0 heterocycles. The van der Waals surface area contributed by atoms with Gasteiger partial charge in [0, 0.05) is 17.1 Å². The Kier molecular flexibility index (Phi) is 4.18. The quantitative estimate of drug-likeness (QED) is 0.917. The van der Waals surface area contributed by atoms with Crippen molar-refractivity contribution in [2.75, 3.05) is 6.54 Å². The molecule has 4 heteroatoms. The van der Waals surface area contributed by atoms with Crippen LogP contribution >= 0.6 is 11.6 Å². The second-order valence-corrected chi connectivity index (χ2v) is 4.20. The number of halogens is 2. The molecule has 94 valence electrons. The highest BCUT2D eigenvalue weighted by molar-refractivity contribution is 6.31. The summed E-state index contributed by atoms with van der Waals surface area (Å²) >= 11 is 6.07. The van der Waals surface area contributed by atoms with Crippen molar-refractivity contribution in [3.8, 4) is 5.75 Å². The molecule has 2 aromatic rings. The molecule has 2 rings (SSSR count). The maximum Gasteiger partial charge on any atom is 0.165 e. The average molecular weight is 266 g/mol. The summed E-state index contributed by atoms with van der Waals surface area (Å²) in [6.45, 7) is 0.220. The molecule has 0 bridgehead atoms. The van der Waals surface area contributed by atoms with Crippen LogP contribution in [0.1, 0.15) is 11.7 Å². The first-order valence-electron chi connectivity index (χ1n) is 5.58. The fourth-order valence-corrected chi connectivity index (χ4v) is 1.93. The number of ether oxygens (including phenoxy) is 1. The van der Waals surface area contributed by atoms with Crippen LogP contribution in [-0.2, 0) is 0 Å². The Bertz CT molecular complexity index is 533. The van der Waals surface area contributed by atoms with E-state index in [0.29, 0.717) is 5.02 Å². The van der Waals surface area contributed by atoms with E-state index in [1.54, 1.807) is 24.3 Å². The van der Waals surface area contributed by atoms with Gasteiger partial charge in [-0.3, -0.25) is 0 Å². The van der Waals surface area contributed by atoms with Crippen LogP contribution in [0.5, 0.6) is 5.75 Å². The highest BCUT2D eigenvalue weighted by Crippen LogP contribution is 2.28. The van der Waals surface area contributed by atoms with E-state index in [4.69, 9.17) is 22.1 Å². The Morgan fingerprint density at radius 2 is 1.78 bits per heavy atom. The van der Waals surface area contributed by atoms with Gasteiger partial charge in [-0.2, -0.15) is 0 Å². The first-order chi connectivity index (χ1) is 8.72. The van der Waals surface area contributed by atoms with E-state index in [0.717, 1.165) is 5.56 Å². The molecular weight excluding hydrogens is 253 g/mol. The molecule has 0 amide bonds. The Morgan fingerprint density at radius 1 is 1.11 bits per heavy atom. The van der Waals surface area contributed by atoms with Crippen LogP contribution in [0.3, 0.4) is 0 Å². The largest absolute Gasteiger partial charge is 0.481 e. The third-order valence-electron chi connectivity index (χ3n) is 2.57. The van der Waals surface area contributed by atoms with Gasteiger partial charge in [-0.25, -0.2) is 4.39 Å². The van der Waals surface area contributed by atoms with Gasteiger partial charge in [0.1, 0.15) is 6.10 Å². The van der Waals surface area contributed by atoms with E-state index >= 15 is 0 Å². The van der Waals surface area contributed by atoms with Crippen molar-refractivity contribution in [2.45, 2.75) is 6.10 Å². The van der Waals surface area contributed by atoms with Crippen LogP contribution in [0.15, 0.2) is 48.5 Å². The van der Waals surface area contributed by atoms with Crippen molar-refractivity contribution in [1.82, 2.24) is 0 Å². The summed E-state index contributed by atoms with van der Waals surface area (Å²) in [4.78, 5) is 0. The van der Waals surface area contributed by atoms with E-state index < -0.39 is 11.9 Å². The van der Waals surface area contributed by atoms with E-state index in [9.17, 15) is 4.39 Å². The number of hydrogen-bond acceptors (Lipinski definition) is 2. The standard InChI is InChI=1S/C14H13ClFNO/c15-11-6-2-1-5-10(11)14(9-17)18-13-8-4-3-7-12(13)16/h1-8,14H,9,17H2. The van der Waals surface area contributed by atoms with Crippen molar-refractivity contribution < 1.29 is 9.13 Å². The number of rotatable bonds is 4. The van der Waals surface area contributed by atoms with Crippen LogP contribution < -0.4 is 10.5 Å². The van der Waals surface area contributed by atoms with Crippen LogP contribution in [-0.4, -0.2) is 6.54 Å². The SMILES string of the molecule is NCC(Oc1ccccc1F)c1ccccc1Cl. The van der Waals surface area contributed by atoms with Gasteiger partial charge in [0.05, 0.1) is 0 Å². The zero-order chi connectivity index (χ0) is 13.0. The molecule has 0 saturated heterocycles. The molecule has 2 nitrogen and oxygen atoms in total. The summed E-state index contributed by atoms with van der Waals surface area (Å²) in [7, 11) is 0. The fraction of sp³-hybridized carbons (Fsp3) is 0.143.